The van der Waals surface area contributed by atoms with Gasteiger partial charge in [0.1, 0.15) is 12.1 Å². The number of nitrogens with zero attached hydrogens (tertiary/aromatic N) is 10. The van der Waals surface area contributed by atoms with Gasteiger partial charge in [0.25, 0.3) is 0 Å². The Kier molecular flexibility index (Phi) is 16.3. The molecular formula is C114H74N10. The van der Waals surface area contributed by atoms with E-state index in [1.165, 1.54) is 49.9 Å². The van der Waals surface area contributed by atoms with E-state index in [2.05, 4.69) is 405 Å². The number of benzene rings is 18. The van der Waals surface area contributed by atoms with E-state index in [-0.39, 0.29) is 10.8 Å². The third-order valence-corrected chi connectivity index (χ3v) is 26.2. The molecule has 24 rings (SSSR count). The average molecular weight is 1580 g/mol. The number of para-hydroxylation sites is 6. The van der Waals surface area contributed by atoms with Crippen molar-refractivity contribution < 1.29 is 0 Å². The van der Waals surface area contributed by atoms with Crippen LogP contribution >= 0.6 is 0 Å². The molecule has 22 aromatic rings. The lowest BCUT2D eigenvalue weighted by molar-refractivity contribution is 0.661. The predicted octanol–water partition coefficient (Wildman–Crippen LogP) is 30.5. The van der Waals surface area contributed by atoms with Crippen molar-refractivity contribution >= 4 is 154 Å². The van der Waals surface area contributed by atoms with E-state index in [9.17, 15) is 10.5 Å². The van der Waals surface area contributed by atoms with Gasteiger partial charge in [0.05, 0.1) is 91.2 Å². The van der Waals surface area contributed by atoms with Gasteiger partial charge in [0.15, 0.2) is 0 Å². The normalized spacial score (nSPS) is 12.8. The molecule has 10 nitrogen and oxygen atoms in total. The molecule has 0 bridgehead atoms. The Bertz CT molecular complexity index is 8070. The summed E-state index contributed by atoms with van der Waals surface area (Å²) in [5.74, 6) is 0. The lowest BCUT2D eigenvalue weighted by atomic mass is 9.80. The van der Waals surface area contributed by atoms with Crippen molar-refractivity contribution in [3.05, 3.63) is 432 Å². The minimum absolute atomic E-state index is 0.203. The molecule has 18 aromatic carbocycles. The largest absolute Gasteiger partial charge is 0.319 e. The number of fused-ring (bicyclic) bond motifs is 23. The van der Waals surface area contributed by atoms with Gasteiger partial charge in [0, 0.05) is 88.0 Å². The molecule has 2 aliphatic rings. The van der Waals surface area contributed by atoms with Crippen molar-refractivity contribution in [1.82, 2.24) is 18.3 Å². The van der Waals surface area contributed by atoms with Crippen LogP contribution in [0.5, 0.6) is 0 Å². The van der Waals surface area contributed by atoms with Gasteiger partial charge in [0.2, 0.25) is 11.4 Å². The molecule has 2 aliphatic carbocycles. The third kappa shape index (κ3) is 10.7. The highest BCUT2D eigenvalue weighted by molar-refractivity contribution is 6.24. The van der Waals surface area contributed by atoms with E-state index in [4.69, 9.17) is 13.1 Å². The highest BCUT2D eigenvalue weighted by atomic mass is 15.2. The molecule has 0 unspecified atom stereocenters. The number of hydrogen-bond acceptors (Lipinski definition) is 4. The molecular weight excluding hydrogens is 1510 g/mol. The number of nitriles is 2. The van der Waals surface area contributed by atoms with Gasteiger partial charge >= 0.3 is 0 Å². The highest BCUT2D eigenvalue weighted by Gasteiger charge is 2.40. The van der Waals surface area contributed by atoms with E-state index >= 15 is 0 Å². The topological polar surface area (TPSA) is 82.5 Å². The first kappa shape index (κ1) is 72.5. The van der Waals surface area contributed by atoms with Crippen LogP contribution in [0.1, 0.15) is 61.1 Å². The zero-order valence-electron chi connectivity index (χ0n) is 68.3. The molecule has 4 aromatic heterocycles. The fourth-order valence-corrected chi connectivity index (χ4v) is 20.8. The van der Waals surface area contributed by atoms with Gasteiger partial charge in [-0.3, -0.25) is 0 Å². The van der Waals surface area contributed by atoms with Gasteiger partial charge in [-0.25, -0.2) is 9.69 Å². The van der Waals surface area contributed by atoms with Crippen molar-refractivity contribution in [2.24, 2.45) is 0 Å². The maximum Gasteiger partial charge on any atom is 0.212 e. The van der Waals surface area contributed by atoms with Crippen LogP contribution in [0, 0.1) is 35.8 Å². The third-order valence-electron chi connectivity index (χ3n) is 26.2. The van der Waals surface area contributed by atoms with Gasteiger partial charge < -0.3 is 28.1 Å². The number of aromatic nitrogens is 4. The van der Waals surface area contributed by atoms with Crippen molar-refractivity contribution in [3.8, 4) is 57.1 Å². The Morgan fingerprint density at radius 1 is 0.258 bits per heavy atom. The summed E-state index contributed by atoms with van der Waals surface area (Å²) in [6, 6.07) is 137. The zero-order valence-corrected chi connectivity index (χ0v) is 68.3. The van der Waals surface area contributed by atoms with E-state index in [0.29, 0.717) is 45.3 Å². The average Bonchev–Trinajstić information content (AvgIpc) is 1.53. The van der Waals surface area contributed by atoms with Crippen molar-refractivity contribution in [3.63, 3.8) is 0 Å². The Morgan fingerprint density at radius 2 is 0.629 bits per heavy atom. The first-order valence-electron chi connectivity index (χ1n) is 41.9. The first-order valence-corrected chi connectivity index (χ1v) is 41.9. The fraction of sp³-hybridized carbons (Fsp3) is 0.0526. The maximum absolute atomic E-state index is 11.2. The van der Waals surface area contributed by atoms with Crippen LogP contribution in [0.25, 0.3) is 163 Å². The van der Waals surface area contributed by atoms with Crippen LogP contribution in [-0.4, -0.2) is 18.3 Å². The van der Waals surface area contributed by atoms with Gasteiger partial charge in [-0.2, -0.15) is 10.5 Å². The van der Waals surface area contributed by atoms with Gasteiger partial charge in [-0.05, 0) is 218 Å². The molecule has 0 amide bonds. The Balaban J connectivity index is 0.000000143. The van der Waals surface area contributed by atoms with Crippen molar-refractivity contribution in [2.45, 2.75) is 38.5 Å². The summed E-state index contributed by atoms with van der Waals surface area (Å²) in [4.78, 5) is 13.0. The Labute approximate surface area is 716 Å². The monoisotopic (exact) mass is 1580 g/mol. The van der Waals surface area contributed by atoms with E-state index < -0.39 is 0 Å². The Hall–Kier alpha value is -16.8. The molecule has 0 aliphatic heterocycles. The zero-order chi connectivity index (χ0) is 83.4. The van der Waals surface area contributed by atoms with Crippen LogP contribution < -0.4 is 9.80 Å². The molecule has 124 heavy (non-hydrogen) atoms. The second kappa shape index (κ2) is 27.9. The summed E-state index contributed by atoms with van der Waals surface area (Å²) in [6.45, 7) is 26.6. The number of anilines is 6. The summed E-state index contributed by atoms with van der Waals surface area (Å²) in [5.41, 5.74) is 28.5. The van der Waals surface area contributed by atoms with Gasteiger partial charge in [-0.1, -0.05) is 252 Å². The second-order valence-corrected chi connectivity index (χ2v) is 33.5. The van der Waals surface area contributed by atoms with E-state index in [1.54, 1.807) is 0 Å². The Morgan fingerprint density at radius 3 is 1.11 bits per heavy atom. The SMILES string of the molecule is [C-]#[N+]c1cc(-n2c3ccc(N(c4ccccc4)c4ccccc4)cc3c3c4ccccc4ccc32)c(C#N)cc1-n1c2ccccc2c2c3c(ccc21)-c1ccccc1C3(C)C.[C-]#[N+]c1cc(-n2c3ccc(N(c4ccccc4)c4ccccc4)cc3c3c4ccccc4ccc32)c(C#N)cc1-n1c2ccccc2c2cc3c(cc21)C(C)(C)c1ccccc1-3. The number of rotatable bonds is 10. The smallest absolute Gasteiger partial charge is 0.212 e. The first-order chi connectivity index (χ1) is 60.9. The van der Waals surface area contributed by atoms with Crippen LogP contribution in [0.2, 0.25) is 0 Å². The highest BCUT2D eigenvalue weighted by Crippen LogP contribution is 2.56. The predicted molar refractivity (Wildman–Crippen MR) is 512 cm³/mol. The molecule has 0 spiro atoms. The van der Waals surface area contributed by atoms with E-state index in [1.807, 2.05) is 48.5 Å². The van der Waals surface area contributed by atoms with E-state index in [0.717, 1.165) is 138 Å². The fourth-order valence-electron chi connectivity index (χ4n) is 20.8. The lowest BCUT2D eigenvalue weighted by Crippen LogP contribution is -2.15. The quantitative estimate of drug-likeness (QED) is 0.128. The summed E-state index contributed by atoms with van der Waals surface area (Å²) in [7, 11) is 0. The lowest BCUT2D eigenvalue weighted by Gasteiger charge is -2.25. The summed E-state index contributed by atoms with van der Waals surface area (Å²) >= 11 is 0. The molecule has 0 fully saturated rings. The minimum atomic E-state index is -0.232. The molecule has 10 heteroatoms. The molecule has 0 saturated heterocycles. The standard InChI is InChI=1S/2C57H37N5/c1-57(2)46-24-14-12-22-42(46)43-28-31-51-55(56(43)57)44-23-13-15-25-48(44)62(51)53-32-37(35-58)52(34-47(53)59-3)61-49-30-27-40(60(38-17-6-4-7-18-38)39-19-8-5-9-20-39)33-45(49)54-41-21-11-10-16-36(41)26-29-50(54)61;1-57(2)47-24-14-12-22-42(47)44-32-45-43-23-13-15-25-50(43)62(54(45)33-48(44)57)55-30-37(35-58)53(34-49(55)59-3)61-51-29-27-40(60(38-17-6-4-7-18-38)39-19-8-5-9-20-39)31-46(51)56-41-21-11-10-16-36(41)26-28-52(56)61/h2*4-34H,1-2H3. The summed E-state index contributed by atoms with van der Waals surface area (Å²) in [6.07, 6.45) is 0. The van der Waals surface area contributed by atoms with Gasteiger partial charge in [-0.15, -0.1) is 0 Å². The van der Waals surface area contributed by atoms with Crippen molar-refractivity contribution in [2.75, 3.05) is 9.80 Å². The molecule has 4 heterocycles. The van der Waals surface area contributed by atoms with Crippen LogP contribution in [0.3, 0.4) is 0 Å². The second-order valence-electron chi connectivity index (χ2n) is 33.5. The van der Waals surface area contributed by atoms with Crippen LogP contribution in [0.4, 0.5) is 45.5 Å². The summed E-state index contributed by atoms with van der Waals surface area (Å²) < 4.78 is 8.78. The van der Waals surface area contributed by atoms with Crippen LogP contribution in [0.15, 0.2) is 376 Å². The minimum Gasteiger partial charge on any atom is -0.319 e. The molecule has 0 atom stereocenters. The molecule has 0 radical (unpaired) electrons. The van der Waals surface area contributed by atoms with Crippen molar-refractivity contribution in [1.29, 1.82) is 10.5 Å². The van der Waals surface area contributed by atoms with Crippen LogP contribution in [-0.2, 0) is 10.8 Å². The molecule has 0 N–H and O–H groups in total. The molecule has 580 valence electrons. The summed E-state index contributed by atoms with van der Waals surface area (Å²) in [5, 5.41) is 35.7. The maximum atomic E-state index is 11.2. The number of hydrogen-bond donors (Lipinski definition) is 0. The molecule has 0 saturated carbocycles.